The molecule has 0 radical (unpaired) electrons. The molecule has 1 N–H and O–H groups in total. The summed E-state index contributed by atoms with van der Waals surface area (Å²) in [6, 6.07) is 12.2. The van der Waals surface area contributed by atoms with Gasteiger partial charge in [0.15, 0.2) is 0 Å². The zero-order chi connectivity index (χ0) is 26.9. The monoisotopic (exact) mass is 667 g/mol. The lowest BCUT2D eigenvalue weighted by Gasteiger charge is -2.26. The van der Waals surface area contributed by atoms with Crippen molar-refractivity contribution in [3.8, 4) is 5.75 Å². The van der Waals surface area contributed by atoms with E-state index in [1.54, 1.807) is 30.3 Å². The predicted molar refractivity (Wildman–Crippen MR) is 145 cm³/mol. The number of non-ortho nitro benzene ring substituents is 1. The van der Waals surface area contributed by atoms with Crippen LogP contribution in [0.25, 0.3) is 6.08 Å². The van der Waals surface area contributed by atoms with E-state index < -0.39 is 22.8 Å². The highest BCUT2D eigenvalue weighted by molar-refractivity contribution is 9.11. The van der Waals surface area contributed by atoms with E-state index in [1.165, 1.54) is 24.3 Å². The van der Waals surface area contributed by atoms with Crippen LogP contribution in [0.2, 0.25) is 10.0 Å². The Morgan fingerprint density at radius 2 is 1.73 bits per heavy atom. The van der Waals surface area contributed by atoms with Crippen LogP contribution in [0.4, 0.5) is 16.2 Å². The number of carbonyl (C=O) groups is 3. The average molecular weight is 670 g/mol. The highest BCUT2D eigenvalue weighted by Crippen LogP contribution is 2.37. The molecule has 0 aromatic heterocycles. The number of rotatable bonds is 6. The topological polar surface area (TPSA) is 119 Å². The molecule has 1 heterocycles. The second kappa shape index (κ2) is 11.0. The van der Waals surface area contributed by atoms with Gasteiger partial charge in [0.05, 0.1) is 19.6 Å². The molecule has 1 aliphatic heterocycles. The highest BCUT2D eigenvalue weighted by atomic mass is 79.9. The van der Waals surface area contributed by atoms with Crippen molar-refractivity contribution in [1.29, 1.82) is 0 Å². The van der Waals surface area contributed by atoms with Gasteiger partial charge in [-0.1, -0.05) is 35.3 Å². The van der Waals surface area contributed by atoms with E-state index in [0.29, 0.717) is 40.8 Å². The van der Waals surface area contributed by atoms with Crippen molar-refractivity contribution in [2.75, 3.05) is 4.90 Å². The van der Waals surface area contributed by atoms with E-state index in [-0.39, 0.29) is 23.6 Å². The van der Waals surface area contributed by atoms with Crippen LogP contribution >= 0.6 is 55.1 Å². The Kier molecular flexibility index (Phi) is 7.98. The maximum Gasteiger partial charge on any atom is 0.335 e. The van der Waals surface area contributed by atoms with Crippen LogP contribution in [0.15, 0.2) is 69.1 Å². The number of amides is 4. The molecule has 4 rings (SSSR count). The van der Waals surface area contributed by atoms with Crippen molar-refractivity contribution in [3.05, 3.63) is 100 Å². The van der Waals surface area contributed by atoms with E-state index in [1.807, 2.05) is 0 Å². The number of urea groups is 1. The summed E-state index contributed by atoms with van der Waals surface area (Å²) >= 11 is 19.0. The Hall–Kier alpha value is -3.25. The Labute approximate surface area is 236 Å². The number of anilines is 1. The molecule has 1 aliphatic rings. The molecule has 1 saturated heterocycles. The molecular formula is C24H13Br2Cl2N3O6. The highest BCUT2D eigenvalue weighted by Gasteiger charge is 2.37. The van der Waals surface area contributed by atoms with Gasteiger partial charge in [-0.3, -0.25) is 25.0 Å². The molecule has 0 unspecified atom stereocenters. The molecular weight excluding hydrogens is 657 g/mol. The number of nitrogens with one attached hydrogen (secondary N) is 1. The second-order valence-electron chi connectivity index (χ2n) is 7.57. The van der Waals surface area contributed by atoms with Crippen molar-refractivity contribution >= 4 is 90.4 Å². The summed E-state index contributed by atoms with van der Waals surface area (Å²) in [6.07, 6.45) is 1.30. The normalized spacial score (nSPS) is 14.6. The maximum absolute atomic E-state index is 13.1. The quantitative estimate of drug-likeness (QED) is 0.136. The molecule has 0 saturated carbocycles. The third-order valence-corrected chi connectivity index (χ3v) is 6.88. The van der Waals surface area contributed by atoms with Gasteiger partial charge in [-0.15, -0.1) is 0 Å². The first-order valence-electron chi connectivity index (χ1n) is 10.3. The Morgan fingerprint density at radius 1 is 1.03 bits per heavy atom. The molecule has 3 aromatic rings. The smallest absolute Gasteiger partial charge is 0.335 e. The van der Waals surface area contributed by atoms with Crippen molar-refractivity contribution in [2.24, 2.45) is 0 Å². The fourth-order valence-corrected chi connectivity index (χ4v) is 5.31. The summed E-state index contributed by atoms with van der Waals surface area (Å²) in [5.74, 6) is -1.39. The fourth-order valence-electron chi connectivity index (χ4n) is 3.39. The maximum atomic E-state index is 13.1. The van der Waals surface area contributed by atoms with Gasteiger partial charge in [-0.25, -0.2) is 9.69 Å². The molecule has 37 heavy (non-hydrogen) atoms. The number of benzene rings is 3. The fraction of sp³-hybridized carbons (Fsp3) is 0.0417. The van der Waals surface area contributed by atoms with Crippen LogP contribution in [0.5, 0.6) is 5.75 Å². The number of nitro groups is 1. The predicted octanol–water partition coefficient (Wildman–Crippen LogP) is 6.67. The molecule has 0 aliphatic carbocycles. The number of hydrogen-bond donors (Lipinski definition) is 1. The summed E-state index contributed by atoms with van der Waals surface area (Å²) in [6.45, 7) is 0.148. The van der Waals surface area contributed by atoms with Gasteiger partial charge in [0.1, 0.15) is 17.9 Å². The van der Waals surface area contributed by atoms with Gasteiger partial charge in [-0.05, 0) is 73.8 Å². The van der Waals surface area contributed by atoms with E-state index >= 15 is 0 Å². The number of hydrogen-bond acceptors (Lipinski definition) is 6. The summed E-state index contributed by atoms with van der Waals surface area (Å²) in [5, 5.41) is 14.1. The SMILES string of the molecule is O=C1NC(=O)N(c2cccc([N+](=O)[O-])c2)C(=O)/C1=C/c1cc(Br)c(OCc2ccc(Cl)cc2Cl)c(Br)c1. The summed E-state index contributed by atoms with van der Waals surface area (Å²) in [7, 11) is 0. The first kappa shape index (κ1) is 26.8. The molecule has 9 nitrogen and oxygen atoms in total. The number of halogens is 4. The minimum atomic E-state index is -1.01. The van der Waals surface area contributed by atoms with Crippen LogP contribution in [0, 0.1) is 10.1 Å². The molecule has 1 fully saturated rings. The number of ether oxygens (including phenoxy) is 1. The number of nitrogens with zero attached hydrogens (tertiary/aromatic N) is 2. The van der Waals surface area contributed by atoms with Crippen molar-refractivity contribution in [3.63, 3.8) is 0 Å². The van der Waals surface area contributed by atoms with Crippen LogP contribution in [-0.4, -0.2) is 22.8 Å². The zero-order valence-corrected chi connectivity index (χ0v) is 23.0. The third-order valence-electron chi connectivity index (χ3n) is 5.12. The molecule has 3 aromatic carbocycles. The minimum absolute atomic E-state index is 0.0536. The first-order valence-corrected chi connectivity index (χ1v) is 12.6. The summed E-state index contributed by atoms with van der Waals surface area (Å²) in [5.41, 5.74) is 0.436. The standard InChI is InChI=1S/C24H13Br2Cl2N3O6/c25-18-7-12(8-19(26)21(18)37-11-13-4-5-14(27)9-20(13)28)6-17-22(32)29-24(34)30(23(17)33)15-2-1-3-16(10-15)31(35)36/h1-10H,11H2,(H,29,32,34)/b17-6+. The number of nitro benzene ring substituents is 1. The molecule has 0 atom stereocenters. The average Bonchev–Trinajstić information content (AvgIpc) is 2.82. The number of imide groups is 2. The molecule has 13 heteroatoms. The van der Waals surface area contributed by atoms with E-state index in [2.05, 4.69) is 37.2 Å². The van der Waals surface area contributed by atoms with Crippen LogP contribution in [0.3, 0.4) is 0 Å². The van der Waals surface area contributed by atoms with Crippen LogP contribution in [-0.2, 0) is 16.2 Å². The van der Waals surface area contributed by atoms with Crippen molar-refractivity contribution < 1.29 is 24.0 Å². The molecule has 0 spiro atoms. The summed E-state index contributed by atoms with van der Waals surface area (Å²) < 4.78 is 6.90. The lowest BCUT2D eigenvalue weighted by Crippen LogP contribution is -2.54. The van der Waals surface area contributed by atoms with Crippen LogP contribution in [0.1, 0.15) is 11.1 Å². The third kappa shape index (κ3) is 5.85. The minimum Gasteiger partial charge on any atom is -0.486 e. The van der Waals surface area contributed by atoms with Gasteiger partial charge < -0.3 is 4.74 Å². The van der Waals surface area contributed by atoms with Crippen molar-refractivity contribution in [2.45, 2.75) is 6.61 Å². The zero-order valence-electron chi connectivity index (χ0n) is 18.3. The van der Waals surface area contributed by atoms with Crippen molar-refractivity contribution in [1.82, 2.24) is 5.32 Å². The second-order valence-corrected chi connectivity index (χ2v) is 10.1. The lowest BCUT2D eigenvalue weighted by atomic mass is 10.1. The van der Waals surface area contributed by atoms with Gasteiger partial charge >= 0.3 is 6.03 Å². The summed E-state index contributed by atoms with van der Waals surface area (Å²) in [4.78, 5) is 49.1. The van der Waals surface area contributed by atoms with E-state index in [9.17, 15) is 24.5 Å². The van der Waals surface area contributed by atoms with E-state index in [0.717, 1.165) is 6.07 Å². The van der Waals surface area contributed by atoms with E-state index in [4.69, 9.17) is 27.9 Å². The number of barbiturate groups is 1. The lowest BCUT2D eigenvalue weighted by molar-refractivity contribution is -0.384. The first-order chi connectivity index (χ1) is 17.5. The van der Waals surface area contributed by atoms with Gasteiger partial charge in [0, 0.05) is 27.7 Å². The van der Waals surface area contributed by atoms with Gasteiger partial charge in [-0.2, -0.15) is 0 Å². The van der Waals surface area contributed by atoms with Gasteiger partial charge in [0.2, 0.25) is 0 Å². The Bertz CT molecular complexity index is 1490. The van der Waals surface area contributed by atoms with Gasteiger partial charge in [0.25, 0.3) is 17.5 Å². The Balaban J connectivity index is 1.62. The molecule has 0 bridgehead atoms. The molecule has 4 amide bonds. The van der Waals surface area contributed by atoms with Crippen LogP contribution < -0.4 is 15.0 Å². The largest absolute Gasteiger partial charge is 0.486 e. The number of carbonyl (C=O) groups excluding carboxylic acids is 3. The molecule has 188 valence electrons. The Morgan fingerprint density at radius 3 is 2.38 bits per heavy atom.